The summed E-state index contributed by atoms with van der Waals surface area (Å²) in [7, 11) is 0. The summed E-state index contributed by atoms with van der Waals surface area (Å²) in [6.07, 6.45) is 8.53. The summed E-state index contributed by atoms with van der Waals surface area (Å²) in [5.74, 6) is 0.947. The van der Waals surface area contributed by atoms with Crippen molar-refractivity contribution in [3.05, 3.63) is 0 Å². The van der Waals surface area contributed by atoms with Crippen molar-refractivity contribution in [3.63, 3.8) is 0 Å². The predicted octanol–water partition coefficient (Wildman–Crippen LogP) is 2.97. The molecule has 0 aromatic carbocycles. The first kappa shape index (κ1) is 13.0. The maximum atomic E-state index is 5.53. The van der Waals surface area contributed by atoms with Gasteiger partial charge >= 0.3 is 0 Å². The van der Waals surface area contributed by atoms with E-state index in [1.165, 1.54) is 38.5 Å². The zero-order valence-electron chi connectivity index (χ0n) is 10.4. The van der Waals surface area contributed by atoms with Crippen molar-refractivity contribution in [1.82, 2.24) is 5.32 Å². The van der Waals surface area contributed by atoms with Gasteiger partial charge in [0.25, 0.3) is 0 Å². The molecule has 1 saturated carbocycles. The SMILES string of the molecule is CCNC(COCC)CC1CCCCC1. The Labute approximate surface area is 94.8 Å². The smallest absolute Gasteiger partial charge is 0.0619 e. The number of nitrogens with one attached hydrogen (secondary N) is 1. The van der Waals surface area contributed by atoms with Crippen LogP contribution in [0.3, 0.4) is 0 Å². The summed E-state index contributed by atoms with van der Waals surface area (Å²) in [5.41, 5.74) is 0. The molecule has 15 heavy (non-hydrogen) atoms. The van der Waals surface area contributed by atoms with E-state index in [4.69, 9.17) is 4.74 Å². The molecule has 0 saturated heterocycles. The lowest BCUT2D eigenvalue weighted by molar-refractivity contribution is 0.111. The van der Waals surface area contributed by atoms with Crippen LogP contribution in [-0.4, -0.2) is 25.8 Å². The molecule has 0 aromatic heterocycles. The second-order valence-corrected chi connectivity index (χ2v) is 4.65. The minimum atomic E-state index is 0.582. The second kappa shape index (κ2) is 8.12. The number of rotatable bonds is 7. The highest BCUT2D eigenvalue weighted by Crippen LogP contribution is 2.27. The number of hydrogen-bond acceptors (Lipinski definition) is 2. The van der Waals surface area contributed by atoms with Crippen molar-refractivity contribution < 1.29 is 4.74 Å². The van der Waals surface area contributed by atoms with Crippen LogP contribution in [0.25, 0.3) is 0 Å². The fraction of sp³-hybridized carbons (Fsp3) is 1.00. The van der Waals surface area contributed by atoms with Crippen LogP contribution in [0.5, 0.6) is 0 Å². The molecule has 0 aromatic rings. The van der Waals surface area contributed by atoms with E-state index in [1.807, 2.05) is 0 Å². The Balaban J connectivity index is 2.21. The van der Waals surface area contributed by atoms with Gasteiger partial charge in [-0.3, -0.25) is 0 Å². The van der Waals surface area contributed by atoms with Crippen LogP contribution in [0, 0.1) is 5.92 Å². The molecule has 0 amide bonds. The van der Waals surface area contributed by atoms with E-state index in [-0.39, 0.29) is 0 Å². The highest BCUT2D eigenvalue weighted by atomic mass is 16.5. The van der Waals surface area contributed by atoms with E-state index in [0.717, 1.165) is 25.7 Å². The fourth-order valence-electron chi connectivity index (χ4n) is 2.58. The van der Waals surface area contributed by atoms with Crippen LogP contribution in [-0.2, 0) is 4.74 Å². The molecule has 2 heteroatoms. The Morgan fingerprint density at radius 2 is 1.93 bits per heavy atom. The van der Waals surface area contributed by atoms with Crippen LogP contribution in [0.15, 0.2) is 0 Å². The van der Waals surface area contributed by atoms with E-state index >= 15 is 0 Å². The Bertz CT molecular complexity index is 143. The largest absolute Gasteiger partial charge is 0.380 e. The van der Waals surface area contributed by atoms with Gasteiger partial charge in [-0.05, 0) is 25.8 Å². The molecule has 0 radical (unpaired) electrons. The first-order chi connectivity index (χ1) is 7.36. The average molecular weight is 213 g/mol. The fourth-order valence-corrected chi connectivity index (χ4v) is 2.58. The third kappa shape index (κ3) is 5.53. The van der Waals surface area contributed by atoms with Crippen molar-refractivity contribution in [2.45, 2.75) is 58.4 Å². The molecule has 1 aliphatic rings. The molecular weight excluding hydrogens is 186 g/mol. The summed E-state index contributed by atoms with van der Waals surface area (Å²) in [6, 6.07) is 0.582. The quantitative estimate of drug-likeness (QED) is 0.702. The first-order valence-corrected chi connectivity index (χ1v) is 6.68. The summed E-state index contributed by atoms with van der Waals surface area (Å²) < 4.78 is 5.53. The van der Waals surface area contributed by atoms with Gasteiger partial charge in [-0.1, -0.05) is 39.0 Å². The van der Waals surface area contributed by atoms with E-state index in [2.05, 4.69) is 19.2 Å². The lowest BCUT2D eigenvalue weighted by Gasteiger charge is -2.26. The van der Waals surface area contributed by atoms with E-state index in [1.54, 1.807) is 0 Å². The zero-order chi connectivity index (χ0) is 10.9. The molecule has 2 nitrogen and oxygen atoms in total. The molecule has 1 atom stereocenters. The van der Waals surface area contributed by atoms with E-state index in [0.29, 0.717) is 6.04 Å². The summed E-state index contributed by atoms with van der Waals surface area (Å²) >= 11 is 0. The van der Waals surface area contributed by atoms with Gasteiger partial charge in [-0.25, -0.2) is 0 Å². The lowest BCUT2D eigenvalue weighted by Crippen LogP contribution is -2.35. The Morgan fingerprint density at radius 3 is 2.53 bits per heavy atom. The molecule has 1 rings (SSSR count). The summed E-state index contributed by atoms with van der Waals surface area (Å²) in [5, 5.41) is 3.54. The van der Waals surface area contributed by atoms with Crippen molar-refractivity contribution in [2.24, 2.45) is 5.92 Å². The van der Waals surface area contributed by atoms with Crippen molar-refractivity contribution in [3.8, 4) is 0 Å². The van der Waals surface area contributed by atoms with Gasteiger partial charge in [-0.2, -0.15) is 0 Å². The van der Waals surface area contributed by atoms with E-state index < -0.39 is 0 Å². The minimum absolute atomic E-state index is 0.582. The summed E-state index contributed by atoms with van der Waals surface area (Å²) in [4.78, 5) is 0. The molecule has 0 bridgehead atoms. The highest BCUT2D eigenvalue weighted by Gasteiger charge is 2.18. The Morgan fingerprint density at radius 1 is 1.20 bits per heavy atom. The third-order valence-electron chi connectivity index (χ3n) is 3.36. The summed E-state index contributed by atoms with van der Waals surface area (Å²) in [6.45, 7) is 7.04. The van der Waals surface area contributed by atoms with Crippen molar-refractivity contribution >= 4 is 0 Å². The third-order valence-corrected chi connectivity index (χ3v) is 3.36. The van der Waals surface area contributed by atoms with Gasteiger partial charge in [0.1, 0.15) is 0 Å². The van der Waals surface area contributed by atoms with Gasteiger partial charge in [0.15, 0.2) is 0 Å². The van der Waals surface area contributed by atoms with Crippen LogP contribution >= 0.6 is 0 Å². The molecule has 0 aliphatic heterocycles. The molecular formula is C13H27NO. The lowest BCUT2D eigenvalue weighted by atomic mass is 9.85. The maximum absolute atomic E-state index is 5.53. The average Bonchev–Trinajstić information content (AvgIpc) is 2.28. The van der Waals surface area contributed by atoms with Gasteiger partial charge in [0.2, 0.25) is 0 Å². The normalized spacial score (nSPS) is 20.4. The Hall–Kier alpha value is -0.0800. The van der Waals surface area contributed by atoms with Crippen LogP contribution < -0.4 is 5.32 Å². The highest BCUT2D eigenvalue weighted by molar-refractivity contribution is 4.74. The zero-order valence-corrected chi connectivity index (χ0v) is 10.4. The van der Waals surface area contributed by atoms with Crippen LogP contribution in [0.1, 0.15) is 52.4 Å². The number of ether oxygens (including phenoxy) is 1. The molecule has 1 aliphatic carbocycles. The van der Waals surface area contributed by atoms with Crippen molar-refractivity contribution in [1.29, 1.82) is 0 Å². The molecule has 1 unspecified atom stereocenters. The maximum Gasteiger partial charge on any atom is 0.0619 e. The van der Waals surface area contributed by atoms with E-state index in [9.17, 15) is 0 Å². The Kier molecular flexibility index (Phi) is 7.03. The first-order valence-electron chi connectivity index (χ1n) is 6.68. The standard InChI is InChI=1S/C13H27NO/c1-3-14-13(11-15-4-2)10-12-8-6-5-7-9-12/h12-14H,3-11H2,1-2H3. The molecule has 1 fully saturated rings. The molecule has 0 spiro atoms. The monoisotopic (exact) mass is 213 g/mol. The molecule has 1 N–H and O–H groups in total. The predicted molar refractivity (Wildman–Crippen MR) is 65.1 cm³/mol. The molecule has 90 valence electrons. The van der Waals surface area contributed by atoms with Crippen LogP contribution in [0.4, 0.5) is 0 Å². The van der Waals surface area contributed by atoms with Crippen molar-refractivity contribution in [2.75, 3.05) is 19.8 Å². The van der Waals surface area contributed by atoms with Gasteiger partial charge < -0.3 is 10.1 Å². The van der Waals surface area contributed by atoms with Gasteiger partial charge in [0.05, 0.1) is 6.61 Å². The van der Waals surface area contributed by atoms with Gasteiger partial charge in [0, 0.05) is 12.6 Å². The molecule has 0 heterocycles. The number of likely N-dealkylation sites (N-methyl/N-ethyl adjacent to an activating group) is 1. The second-order valence-electron chi connectivity index (χ2n) is 4.65. The number of hydrogen-bond donors (Lipinski definition) is 1. The van der Waals surface area contributed by atoms with Gasteiger partial charge in [-0.15, -0.1) is 0 Å². The topological polar surface area (TPSA) is 21.3 Å². The van der Waals surface area contributed by atoms with Crippen LogP contribution in [0.2, 0.25) is 0 Å². The minimum Gasteiger partial charge on any atom is -0.380 e.